The molecule has 0 spiro atoms. The van der Waals surface area contributed by atoms with E-state index in [0.717, 1.165) is 35.9 Å². The van der Waals surface area contributed by atoms with Crippen LogP contribution in [-0.4, -0.2) is 14.8 Å². The number of anilines is 1. The van der Waals surface area contributed by atoms with Gasteiger partial charge in [-0.1, -0.05) is 19.1 Å². The van der Waals surface area contributed by atoms with Gasteiger partial charge in [-0.25, -0.2) is 9.67 Å². The summed E-state index contributed by atoms with van der Waals surface area (Å²) < 4.78 is 2.02. The minimum Gasteiger partial charge on any atom is -0.398 e. The summed E-state index contributed by atoms with van der Waals surface area (Å²) >= 11 is 0. The van der Waals surface area contributed by atoms with Crippen molar-refractivity contribution >= 4 is 5.69 Å². The molecule has 0 amide bonds. The number of hydrogen-bond acceptors (Lipinski definition) is 3. The molecular formula is C13H16N4. The molecule has 0 saturated heterocycles. The number of aryl methyl sites for hydroxylation is 1. The van der Waals surface area contributed by atoms with Crippen LogP contribution in [0.15, 0.2) is 24.3 Å². The van der Waals surface area contributed by atoms with Crippen LogP contribution in [0.3, 0.4) is 0 Å². The van der Waals surface area contributed by atoms with E-state index < -0.39 is 0 Å². The highest BCUT2D eigenvalue weighted by atomic mass is 15.3. The highest BCUT2D eigenvalue weighted by Gasteiger charge is 2.19. The van der Waals surface area contributed by atoms with E-state index in [2.05, 4.69) is 17.0 Å². The molecule has 2 aromatic rings. The third kappa shape index (κ3) is 1.79. The Hall–Kier alpha value is -1.84. The molecule has 1 unspecified atom stereocenters. The quantitative estimate of drug-likeness (QED) is 0.760. The monoisotopic (exact) mass is 228 g/mol. The maximum atomic E-state index is 5.95. The number of benzene rings is 1. The van der Waals surface area contributed by atoms with E-state index in [1.165, 1.54) is 6.42 Å². The van der Waals surface area contributed by atoms with Gasteiger partial charge in [0.2, 0.25) is 0 Å². The lowest BCUT2D eigenvalue weighted by Gasteiger charge is -2.17. The smallest absolute Gasteiger partial charge is 0.183 e. The molecule has 0 bridgehead atoms. The van der Waals surface area contributed by atoms with Gasteiger partial charge in [0.25, 0.3) is 0 Å². The van der Waals surface area contributed by atoms with E-state index >= 15 is 0 Å². The Morgan fingerprint density at radius 1 is 1.35 bits per heavy atom. The second kappa shape index (κ2) is 3.87. The Morgan fingerprint density at radius 2 is 2.18 bits per heavy atom. The van der Waals surface area contributed by atoms with Crippen molar-refractivity contribution in [2.45, 2.75) is 26.3 Å². The fourth-order valence-electron chi connectivity index (χ4n) is 2.28. The van der Waals surface area contributed by atoms with Gasteiger partial charge in [0.05, 0.1) is 0 Å². The summed E-state index contributed by atoms with van der Waals surface area (Å²) in [5.74, 6) is 2.54. The highest BCUT2D eigenvalue weighted by molar-refractivity contribution is 5.70. The number of para-hydroxylation sites is 1. The molecule has 4 heteroatoms. The summed E-state index contributed by atoms with van der Waals surface area (Å²) in [6.45, 7) is 3.23. The second-order valence-electron chi connectivity index (χ2n) is 4.76. The molecule has 0 fully saturated rings. The average molecular weight is 228 g/mol. The lowest BCUT2D eigenvalue weighted by Crippen LogP contribution is -2.18. The number of fused-ring (bicyclic) bond motifs is 1. The van der Waals surface area contributed by atoms with Crippen molar-refractivity contribution in [3.63, 3.8) is 0 Å². The van der Waals surface area contributed by atoms with Gasteiger partial charge in [-0.2, -0.15) is 5.10 Å². The third-order valence-corrected chi connectivity index (χ3v) is 3.31. The van der Waals surface area contributed by atoms with Crippen molar-refractivity contribution in [1.82, 2.24) is 14.8 Å². The van der Waals surface area contributed by atoms with Gasteiger partial charge in [-0.15, -0.1) is 0 Å². The van der Waals surface area contributed by atoms with Crippen LogP contribution in [0.5, 0.6) is 0 Å². The lowest BCUT2D eigenvalue weighted by atomic mass is 10.0. The SMILES string of the molecule is CC1CCn2nc(-c3ccccc3N)nc2C1. The Balaban J connectivity index is 2.03. The van der Waals surface area contributed by atoms with Crippen LogP contribution in [0.2, 0.25) is 0 Å². The molecule has 3 rings (SSSR count). The predicted molar refractivity (Wildman–Crippen MR) is 67.4 cm³/mol. The molecule has 1 atom stereocenters. The van der Waals surface area contributed by atoms with Crippen LogP contribution in [-0.2, 0) is 13.0 Å². The number of nitrogens with two attached hydrogens (primary N) is 1. The van der Waals surface area contributed by atoms with E-state index in [4.69, 9.17) is 5.73 Å². The fourth-order valence-corrected chi connectivity index (χ4v) is 2.28. The van der Waals surface area contributed by atoms with E-state index in [0.29, 0.717) is 5.92 Å². The Bertz CT molecular complexity index is 544. The molecule has 1 aromatic carbocycles. The van der Waals surface area contributed by atoms with Crippen molar-refractivity contribution in [3.05, 3.63) is 30.1 Å². The van der Waals surface area contributed by atoms with Gasteiger partial charge in [-0.3, -0.25) is 0 Å². The molecule has 2 heterocycles. The van der Waals surface area contributed by atoms with Crippen molar-refractivity contribution < 1.29 is 0 Å². The molecule has 17 heavy (non-hydrogen) atoms. The molecule has 0 aliphatic carbocycles. The fraction of sp³-hybridized carbons (Fsp3) is 0.385. The summed E-state index contributed by atoms with van der Waals surface area (Å²) in [6.07, 6.45) is 2.19. The van der Waals surface area contributed by atoms with Crippen LogP contribution >= 0.6 is 0 Å². The molecule has 1 aromatic heterocycles. The van der Waals surface area contributed by atoms with Crippen LogP contribution in [0, 0.1) is 5.92 Å². The van der Waals surface area contributed by atoms with Crippen molar-refractivity contribution in [2.24, 2.45) is 5.92 Å². The molecule has 0 saturated carbocycles. The minimum absolute atomic E-state index is 0.702. The molecule has 2 N–H and O–H groups in total. The topological polar surface area (TPSA) is 56.7 Å². The minimum atomic E-state index is 0.702. The Labute approximate surface area is 100 Å². The molecule has 4 nitrogen and oxygen atoms in total. The van der Waals surface area contributed by atoms with Gasteiger partial charge < -0.3 is 5.73 Å². The summed E-state index contributed by atoms with van der Waals surface area (Å²) in [4.78, 5) is 4.60. The zero-order chi connectivity index (χ0) is 11.8. The van der Waals surface area contributed by atoms with Crippen LogP contribution in [0.1, 0.15) is 19.2 Å². The first kappa shape index (κ1) is 10.3. The Morgan fingerprint density at radius 3 is 3.00 bits per heavy atom. The van der Waals surface area contributed by atoms with Crippen LogP contribution < -0.4 is 5.73 Å². The van der Waals surface area contributed by atoms with Crippen molar-refractivity contribution in [1.29, 1.82) is 0 Å². The average Bonchev–Trinajstić information content (AvgIpc) is 2.72. The maximum Gasteiger partial charge on any atom is 0.183 e. The standard InChI is InChI=1S/C13H16N4/c1-9-6-7-17-12(8-9)15-13(16-17)10-4-2-3-5-11(10)14/h2-5,9H,6-8,14H2,1H3. The third-order valence-electron chi connectivity index (χ3n) is 3.31. The normalized spacial score (nSPS) is 19.0. The summed E-state index contributed by atoms with van der Waals surface area (Å²) in [5.41, 5.74) is 7.62. The largest absolute Gasteiger partial charge is 0.398 e. The molecule has 1 aliphatic heterocycles. The van der Waals surface area contributed by atoms with Crippen molar-refractivity contribution in [2.75, 3.05) is 5.73 Å². The number of nitrogen functional groups attached to an aromatic ring is 1. The molecule has 0 radical (unpaired) electrons. The first-order valence-corrected chi connectivity index (χ1v) is 6.02. The van der Waals surface area contributed by atoms with E-state index in [-0.39, 0.29) is 0 Å². The number of nitrogens with zero attached hydrogens (tertiary/aromatic N) is 3. The molecule has 88 valence electrons. The van der Waals surface area contributed by atoms with E-state index in [9.17, 15) is 0 Å². The van der Waals surface area contributed by atoms with Gasteiger partial charge in [0.1, 0.15) is 5.82 Å². The number of aromatic nitrogens is 3. The van der Waals surface area contributed by atoms with Gasteiger partial charge in [0, 0.05) is 24.2 Å². The maximum absolute atomic E-state index is 5.95. The lowest BCUT2D eigenvalue weighted by molar-refractivity contribution is 0.386. The Kier molecular flexibility index (Phi) is 2.35. The number of rotatable bonds is 1. The summed E-state index contributed by atoms with van der Waals surface area (Å²) in [6, 6.07) is 7.75. The van der Waals surface area contributed by atoms with Crippen molar-refractivity contribution in [3.8, 4) is 11.4 Å². The van der Waals surface area contributed by atoms with Gasteiger partial charge in [-0.05, 0) is 24.5 Å². The van der Waals surface area contributed by atoms with Crippen LogP contribution in [0.4, 0.5) is 5.69 Å². The van der Waals surface area contributed by atoms with Gasteiger partial charge in [0.15, 0.2) is 5.82 Å². The van der Waals surface area contributed by atoms with E-state index in [1.807, 2.05) is 28.9 Å². The molecule has 1 aliphatic rings. The molecular weight excluding hydrogens is 212 g/mol. The number of hydrogen-bond donors (Lipinski definition) is 1. The summed E-state index contributed by atoms with van der Waals surface area (Å²) in [5, 5.41) is 4.54. The summed E-state index contributed by atoms with van der Waals surface area (Å²) in [7, 11) is 0. The predicted octanol–water partition coefficient (Wildman–Crippen LogP) is 2.11. The zero-order valence-electron chi connectivity index (χ0n) is 9.93. The zero-order valence-corrected chi connectivity index (χ0v) is 9.93. The first-order valence-electron chi connectivity index (χ1n) is 6.02. The van der Waals surface area contributed by atoms with E-state index in [1.54, 1.807) is 0 Å². The second-order valence-corrected chi connectivity index (χ2v) is 4.76. The van der Waals surface area contributed by atoms with Crippen LogP contribution in [0.25, 0.3) is 11.4 Å². The van der Waals surface area contributed by atoms with Gasteiger partial charge >= 0.3 is 0 Å². The first-order chi connectivity index (χ1) is 8.24. The highest BCUT2D eigenvalue weighted by Crippen LogP contribution is 2.25.